The molecule has 0 aliphatic rings. The van der Waals surface area contributed by atoms with Gasteiger partial charge in [-0.1, -0.05) is 54.6 Å². The van der Waals surface area contributed by atoms with Crippen LogP contribution in [0.2, 0.25) is 0 Å². The molecule has 6 aromatic heterocycles. The van der Waals surface area contributed by atoms with E-state index < -0.39 is 0 Å². The van der Waals surface area contributed by atoms with Gasteiger partial charge in [-0.15, -0.1) is 0 Å². The minimum absolute atomic E-state index is 0.821. The average Bonchev–Trinajstić information content (AvgIpc) is 3.70. The van der Waals surface area contributed by atoms with E-state index in [0.717, 1.165) is 83.1 Å². The Morgan fingerprint density at radius 1 is 0.458 bits per heavy atom. The molecule has 0 aliphatic heterocycles. The monoisotopic (exact) mass is 615 g/mol. The summed E-state index contributed by atoms with van der Waals surface area (Å²) in [4.78, 5) is 18.7. The van der Waals surface area contributed by atoms with E-state index in [0.29, 0.717) is 0 Å². The zero-order chi connectivity index (χ0) is 31.6. The molecule has 0 bridgehead atoms. The first-order chi connectivity index (χ1) is 23.8. The third kappa shape index (κ3) is 4.13. The minimum Gasteiger partial charge on any atom is -0.456 e. The predicted molar refractivity (Wildman–Crippen MR) is 193 cm³/mol. The number of fused-ring (bicyclic) bond motifs is 8. The third-order valence-corrected chi connectivity index (χ3v) is 9.20. The van der Waals surface area contributed by atoms with Crippen molar-refractivity contribution in [2.45, 2.75) is 0 Å². The van der Waals surface area contributed by atoms with Crippen LogP contribution in [0.1, 0.15) is 0 Å². The number of para-hydroxylation sites is 2. The summed E-state index contributed by atoms with van der Waals surface area (Å²) in [6.07, 6.45) is 11.1. The molecule has 0 N–H and O–H groups in total. The summed E-state index contributed by atoms with van der Waals surface area (Å²) in [6, 6.07) is 40.0. The van der Waals surface area contributed by atoms with Gasteiger partial charge in [0.15, 0.2) is 0 Å². The van der Waals surface area contributed by atoms with Crippen LogP contribution in [0.3, 0.4) is 0 Å². The molecule has 0 fully saturated rings. The highest BCUT2D eigenvalue weighted by Gasteiger charge is 2.18. The Hall–Kier alpha value is -6.66. The van der Waals surface area contributed by atoms with Crippen LogP contribution in [0.5, 0.6) is 0 Å². The topological polar surface area (TPSA) is 69.6 Å². The molecular formula is C42H25N5O. The van der Waals surface area contributed by atoms with Gasteiger partial charge in [0.1, 0.15) is 11.2 Å². The fourth-order valence-electron chi connectivity index (χ4n) is 7.00. The van der Waals surface area contributed by atoms with Crippen LogP contribution in [0.25, 0.3) is 93.8 Å². The van der Waals surface area contributed by atoms with Gasteiger partial charge in [0.25, 0.3) is 0 Å². The molecule has 0 unspecified atom stereocenters. The summed E-state index contributed by atoms with van der Waals surface area (Å²) in [7, 11) is 0. The third-order valence-electron chi connectivity index (χ3n) is 9.20. The van der Waals surface area contributed by atoms with Gasteiger partial charge in [-0.05, 0) is 71.6 Å². The predicted octanol–water partition coefficient (Wildman–Crippen LogP) is 10.4. The van der Waals surface area contributed by atoms with Gasteiger partial charge in [-0.2, -0.15) is 0 Å². The van der Waals surface area contributed by atoms with Crippen LogP contribution >= 0.6 is 0 Å². The lowest BCUT2D eigenvalue weighted by Crippen LogP contribution is -1.97. The number of pyridine rings is 4. The van der Waals surface area contributed by atoms with Crippen molar-refractivity contribution in [3.05, 3.63) is 152 Å². The normalized spacial score (nSPS) is 11.8. The molecule has 6 nitrogen and oxygen atoms in total. The highest BCUT2D eigenvalue weighted by Crippen LogP contribution is 2.40. The summed E-state index contributed by atoms with van der Waals surface area (Å²) in [6.45, 7) is 0. The van der Waals surface area contributed by atoms with E-state index in [4.69, 9.17) is 14.4 Å². The number of nitrogens with zero attached hydrogens (tertiary/aromatic N) is 5. The van der Waals surface area contributed by atoms with Crippen molar-refractivity contribution in [2.24, 2.45) is 0 Å². The van der Waals surface area contributed by atoms with E-state index in [1.54, 1.807) is 12.4 Å². The van der Waals surface area contributed by atoms with Crippen molar-refractivity contribution >= 4 is 54.5 Å². The molecule has 0 aliphatic carbocycles. The minimum atomic E-state index is 0.821. The fourth-order valence-corrected chi connectivity index (χ4v) is 7.00. The van der Waals surface area contributed by atoms with Crippen LogP contribution in [0.15, 0.2) is 157 Å². The fraction of sp³-hybridized carbons (Fsp3) is 0. The molecule has 0 spiro atoms. The van der Waals surface area contributed by atoms with E-state index in [9.17, 15) is 0 Å². The molecule has 0 saturated carbocycles. The van der Waals surface area contributed by atoms with Gasteiger partial charge in [0.05, 0.1) is 34.3 Å². The first-order valence-corrected chi connectivity index (χ1v) is 15.8. The molecule has 6 heterocycles. The van der Waals surface area contributed by atoms with Gasteiger partial charge in [0, 0.05) is 74.6 Å². The largest absolute Gasteiger partial charge is 0.456 e. The molecule has 48 heavy (non-hydrogen) atoms. The maximum atomic E-state index is 6.26. The first kappa shape index (κ1) is 26.5. The molecule has 0 saturated heterocycles. The van der Waals surface area contributed by atoms with E-state index in [1.165, 1.54) is 10.8 Å². The molecule has 10 aromatic rings. The van der Waals surface area contributed by atoms with Crippen molar-refractivity contribution in [3.8, 4) is 39.3 Å². The highest BCUT2D eigenvalue weighted by molar-refractivity contribution is 6.22. The molecule has 10 rings (SSSR count). The first-order valence-electron chi connectivity index (χ1n) is 15.8. The second kappa shape index (κ2) is 10.4. The molecule has 0 atom stereocenters. The summed E-state index contributed by atoms with van der Waals surface area (Å²) >= 11 is 0. The Kier molecular flexibility index (Phi) is 5.77. The summed E-state index contributed by atoms with van der Waals surface area (Å²) in [5.41, 5.74) is 10.5. The summed E-state index contributed by atoms with van der Waals surface area (Å²) in [5, 5.41) is 6.87. The Bertz CT molecular complexity index is 2780. The van der Waals surface area contributed by atoms with Gasteiger partial charge >= 0.3 is 0 Å². The quantitative estimate of drug-likeness (QED) is 0.197. The van der Waals surface area contributed by atoms with E-state index >= 15 is 0 Å². The van der Waals surface area contributed by atoms with E-state index in [1.807, 2.05) is 55.1 Å². The Balaban J connectivity index is 1.23. The number of hydrogen-bond donors (Lipinski definition) is 0. The van der Waals surface area contributed by atoms with Gasteiger partial charge < -0.3 is 8.98 Å². The Morgan fingerprint density at radius 2 is 1.21 bits per heavy atom. The Labute approximate surface area is 274 Å². The zero-order valence-electron chi connectivity index (χ0n) is 25.6. The SMILES string of the molecule is c1cncc(-c2cc(-c3cccnc3)nc(-c3cncc(-n4c5ccccc5c5ccc6cc7oc8ccccc8c7cc6c54)c3)c2)c1. The second-order valence-corrected chi connectivity index (χ2v) is 12.0. The lowest BCUT2D eigenvalue weighted by atomic mass is 10.0. The van der Waals surface area contributed by atoms with Gasteiger partial charge in [-0.25, -0.2) is 4.98 Å². The van der Waals surface area contributed by atoms with Crippen LogP contribution in [0, 0.1) is 0 Å². The Morgan fingerprint density at radius 3 is 2.04 bits per heavy atom. The summed E-state index contributed by atoms with van der Waals surface area (Å²) in [5.74, 6) is 0. The van der Waals surface area contributed by atoms with Crippen LogP contribution < -0.4 is 0 Å². The highest BCUT2D eigenvalue weighted by atomic mass is 16.3. The van der Waals surface area contributed by atoms with Crippen LogP contribution in [0.4, 0.5) is 0 Å². The van der Waals surface area contributed by atoms with Crippen molar-refractivity contribution in [1.82, 2.24) is 24.5 Å². The van der Waals surface area contributed by atoms with E-state index in [-0.39, 0.29) is 0 Å². The zero-order valence-corrected chi connectivity index (χ0v) is 25.6. The van der Waals surface area contributed by atoms with Gasteiger partial charge in [-0.3, -0.25) is 15.0 Å². The number of aromatic nitrogens is 5. The molecule has 4 aromatic carbocycles. The number of benzene rings is 4. The standard InChI is InChI=1S/C42H25N5O/c1-3-11-39-32(9-1)34-14-13-26-20-41-36(33-10-2-4-12-40(33)48-41)21-35(26)42(34)47(39)31-17-30(24-45-25-31)38-19-29(27-7-5-15-43-22-27)18-37(46-38)28-8-6-16-44-23-28/h1-25H. The average molecular weight is 616 g/mol. The molecular weight excluding hydrogens is 590 g/mol. The number of hydrogen-bond acceptors (Lipinski definition) is 5. The molecule has 6 heteroatoms. The number of furan rings is 1. The van der Waals surface area contributed by atoms with Crippen molar-refractivity contribution in [1.29, 1.82) is 0 Å². The molecule has 224 valence electrons. The van der Waals surface area contributed by atoms with Gasteiger partial charge in [0.2, 0.25) is 0 Å². The molecule has 0 radical (unpaired) electrons. The van der Waals surface area contributed by atoms with Crippen molar-refractivity contribution in [2.75, 3.05) is 0 Å². The van der Waals surface area contributed by atoms with E-state index in [2.05, 4.69) is 99.5 Å². The van der Waals surface area contributed by atoms with Crippen molar-refractivity contribution < 1.29 is 4.42 Å². The lowest BCUT2D eigenvalue weighted by molar-refractivity contribution is 0.669. The maximum Gasteiger partial charge on any atom is 0.136 e. The lowest BCUT2D eigenvalue weighted by Gasteiger charge is -2.13. The number of rotatable bonds is 4. The van der Waals surface area contributed by atoms with Crippen LogP contribution in [-0.4, -0.2) is 24.5 Å². The summed E-state index contributed by atoms with van der Waals surface area (Å²) < 4.78 is 8.60. The van der Waals surface area contributed by atoms with Crippen molar-refractivity contribution in [3.63, 3.8) is 0 Å². The molecule has 0 amide bonds. The maximum absolute atomic E-state index is 6.26. The smallest absolute Gasteiger partial charge is 0.136 e. The van der Waals surface area contributed by atoms with Crippen LogP contribution in [-0.2, 0) is 0 Å². The second-order valence-electron chi connectivity index (χ2n) is 12.0.